The van der Waals surface area contributed by atoms with Crippen molar-refractivity contribution < 1.29 is 4.52 Å². The minimum Gasteiger partial charge on any atom is -0.338 e. The molecule has 0 saturated heterocycles. The zero-order valence-electron chi connectivity index (χ0n) is 16.2. The van der Waals surface area contributed by atoms with Crippen molar-refractivity contribution >= 4 is 23.5 Å². The van der Waals surface area contributed by atoms with Crippen molar-refractivity contribution in [1.29, 1.82) is 0 Å². The largest absolute Gasteiger partial charge is 0.338 e. The molecule has 4 aromatic rings. The Morgan fingerprint density at radius 3 is 2.28 bits per heavy atom. The molecule has 146 valence electrons. The first-order valence-corrected chi connectivity index (χ1v) is 11.5. The number of aryl methyl sites for hydroxylation is 1. The topological polar surface area (TPSA) is 64.7 Å². The van der Waals surface area contributed by atoms with Crippen LogP contribution in [-0.2, 0) is 12.2 Å². The summed E-state index contributed by atoms with van der Waals surface area (Å²) >= 11 is 3.23. The fourth-order valence-electron chi connectivity index (χ4n) is 2.77. The zero-order chi connectivity index (χ0) is 20.1. The second kappa shape index (κ2) is 9.24. The third kappa shape index (κ3) is 4.86. The summed E-state index contributed by atoms with van der Waals surface area (Å²) in [4.78, 5) is 5.68. The van der Waals surface area contributed by atoms with Crippen LogP contribution in [0.25, 0.3) is 22.6 Å². The third-order valence-corrected chi connectivity index (χ3v) is 6.11. The van der Waals surface area contributed by atoms with E-state index in [0.717, 1.165) is 28.3 Å². The molecule has 0 bridgehead atoms. The van der Waals surface area contributed by atoms with E-state index in [0.29, 0.717) is 17.5 Å². The van der Waals surface area contributed by atoms with Gasteiger partial charge in [-0.05, 0) is 54.6 Å². The molecule has 2 aromatic heterocycles. The maximum Gasteiger partial charge on any atom is 0.237 e. The molecule has 0 aliphatic carbocycles. The normalized spacial score (nSPS) is 11.0. The van der Waals surface area contributed by atoms with Gasteiger partial charge in [-0.1, -0.05) is 48.1 Å². The van der Waals surface area contributed by atoms with E-state index in [-0.39, 0.29) is 0 Å². The molecule has 0 amide bonds. The first-order chi connectivity index (χ1) is 14.2. The minimum atomic E-state index is 0.551. The molecule has 0 spiro atoms. The average molecular weight is 421 g/mol. The summed E-state index contributed by atoms with van der Waals surface area (Å²) in [5, 5.41) is 13.6. The minimum absolute atomic E-state index is 0.551. The van der Waals surface area contributed by atoms with Crippen molar-refractivity contribution in [2.45, 2.75) is 29.0 Å². The van der Waals surface area contributed by atoms with Gasteiger partial charge in [0.05, 0.1) is 11.4 Å². The Morgan fingerprint density at radius 1 is 0.862 bits per heavy atom. The number of nitrogens with zero attached hydrogens (tertiary/aromatic N) is 4. The van der Waals surface area contributed by atoms with Crippen LogP contribution in [0.1, 0.15) is 18.4 Å². The van der Waals surface area contributed by atoms with Crippen molar-refractivity contribution in [3.63, 3.8) is 0 Å². The molecule has 29 heavy (non-hydrogen) atoms. The summed E-state index contributed by atoms with van der Waals surface area (Å²) in [6.07, 6.45) is 3.08. The lowest BCUT2D eigenvalue weighted by Crippen LogP contribution is -1.91. The van der Waals surface area contributed by atoms with E-state index in [1.165, 1.54) is 22.2 Å². The van der Waals surface area contributed by atoms with Gasteiger partial charge in [-0.2, -0.15) is 4.98 Å². The number of benzene rings is 2. The van der Waals surface area contributed by atoms with Crippen LogP contribution in [-0.4, -0.2) is 26.6 Å². The Balaban J connectivity index is 1.38. The van der Waals surface area contributed by atoms with Gasteiger partial charge in [-0.15, -0.1) is 22.0 Å². The molecular weight excluding hydrogens is 400 g/mol. The third-order valence-electron chi connectivity index (χ3n) is 4.46. The molecular formula is C22H20N4OS2. The van der Waals surface area contributed by atoms with E-state index in [1.54, 1.807) is 11.8 Å². The first kappa shape index (κ1) is 19.7. The molecule has 0 N–H and O–H groups in total. The van der Waals surface area contributed by atoms with Gasteiger partial charge in [0.1, 0.15) is 5.03 Å². The van der Waals surface area contributed by atoms with Gasteiger partial charge in [0, 0.05) is 16.0 Å². The molecule has 0 atom stereocenters. The van der Waals surface area contributed by atoms with E-state index in [9.17, 15) is 0 Å². The molecule has 0 aliphatic rings. The van der Waals surface area contributed by atoms with Gasteiger partial charge in [0.2, 0.25) is 11.7 Å². The van der Waals surface area contributed by atoms with Crippen LogP contribution >= 0.6 is 23.5 Å². The summed E-state index contributed by atoms with van der Waals surface area (Å²) in [7, 11) is 0. The molecule has 0 saturated carbocycles. The van der Waals surface area contributed by atoms with E-state index in [2.05, 4.69) is 69.9 Å². The smallest absolute Gasteiger partial charge is 0.237 e. The molecule has 0 unspecified atom stereocenters. The molecule has 4 rings (SSSR count). The molecule has 0 aliphatic heterocycles. The van der Waals surface area contributed by atoms with Crippen molar-refractivity contribution in [3.8, 4) is 22.6 Å². The summed E-state index contributed by atoms with van der Waals surface area (Å²) in [6, 6.07) is 20.5. The highest BCUT2D eigenvalue weighted by Gasteiger charge is 2.10. The van der Waals surface area contributed by atoms with Crippen molar-refractivity contribution in [2.75, 3.05) is 6.26 Å². The van der Waals surface area contributed by atoms with Crippen LogP contribution in [0.4, 0.5) is 0 Å². The van der Waals surface area contributed by atoms with Crippen LogP contribution in [0.3, 0.4) is 0 Å². The van der Waals surface area contributed by atoms with Crippen molar-refractivity contribution in [1.82, 2.24) is 20.3 Å². The lowest BCUT2D eigenvalue weighted by molar-refractivity contribution is 0.391. The second-order valence-corrected chi connectivity index (χ2v) is 8.21. The Bertz CT molecular complexity index is 1060. The number of hydrogen-bond acceptors (Lipinski definition) is 7. The standard InChI is InChI=1S/C22H20N4OS2/c1-3-15-4-6-16(7-5-15)19-12-13-21(25-24-19)29-14-20-23-22(26-27-20)17-8-10-18(28-2)11-9-17/h4-13H,3,14H2,1-2H3. The van der Waals surface area contributed by atoms with Crippen LogP contribution in [0.2, 0.25) is 0 Å². The van der Waals surface area contributed by atoms with Gasteiger partial charge in [0.25, 0.3) is 0 Å². The summed E-state index contributed by atoms with van der Waals surface area (Å²) in [6.45, 7) is 2.15. The highest BCUT2D eigenvalue weighted by atomic mass is 32.2. The van der Waals surface area contributed by atoms with Crippen molar-refractivity contribution in [3.05, 3.63) is 72.1 Å². The van der Waals surface area contributed by atoms with Gasteiger partial charge in [0.15, 0.2) is 0 Å². The van der Waals surface area contributed by atoms with E-state index < -0.39 is 0 Å². The fraction of sp³-hybridized carbons (Fsp3) is 0.182. The Labute approximate surface area is 178 Å². The predicted molar refractivity (Wildman–Crippen MR) is 118 cm³/mol. The number of thioether (sulfide) groups is 2. The van der Waals surface area contributed by atoms with Crippen LogP contribution < -0.4 is 0 Å². The average Bonchev–Trinajstić information content (AvgIpc) is 3.27. The monoisotopic (exact) mass is 420 g/mol. The Kier molecular flexibility index (Phi) is 6.27. The summed E-state index contributed by atoms with van der Waals surface area (Å²) in [5.41, 5.74) is 4.19. The molecule has 0 radical (unpaired) electrons. The van der Waals surface area contributed by atoms with Crippen molar-refractivity contribution in [2.24, 2.45) is 0 Å². The van der Waals surface area contributed by atoms with Crippen LogP contribution in [0.5, 0.6) is 0 Å². The number of hydrogen-bond donors (Lipinski definition) is 0. The van der Waals surface area contributed by atoms with E-state index >= 15 is 0 Å². The number of aromatic nitrogens is 4. The maximum atomic E-state index is 5.38. The summed E-state index contributed by atoms with van der Waals surface area (Å²) < 4.78 is 5.38. The van der Waals surface area contributed by atoms with Gasteiger partial charge in [-0.25, -0.2) is 0 Å². The Morgan fingerprint density at radius 2 is 1.62 bits per heavy atom. The predicted octanol–water partition coefficient (Wildman–Crippen LogP) is 5.77. The SMILES string of the molecule is CCc1ccc(-c2ccc(SCc3nc(-c4ccc(SC)cc4)no3)nn2)cc1. The molecule has 7 heteroatoms. The Hall–Kier alpha value is -2.64. The number of rotatable bonds is 7. The molecule has 2 heterocycles. The van der Waals surface area contributed by atoms with E-state index in [4.69, 9.17) is 4.52 Å². The maximum absolute atomic E-state index is 5.38. The van der Waals surface area contributed by atoms with Gasteiger partial charge in [-0.3, -0.25) is 0 Å². The zero-order valence-corrected chi connectivity index (χ0v) is 17.8. The second-order valence-electron chi connectivity index (χ2n) is 6.34. The van der Waals surface area contributed by atoms with Gasteiger partial charge < -0.3 is 4.52 Å². The van der Waals surface area contributed by atoms with Crippen LogP contribution in [0, 0.1) is 0 Å². The fourth-order valence-corrected chi connectivity index (χ4v) is 3.83. The quantitative estimate of drug-likeness (QED) is 0.352. The first-order valence-electron chi connectivity index (χ1n) is 9.28. The highest BCUT2D eigenvalue weighted by Crippen LogP contribution is 2.25. The molecule has 2 aromatic carbocycles. The van der Waals surface area contributed by atoms with Crippen LogP contribution in [0.15, 0.2) is 75.1 Å². The van der Waals surface area contributed by atoms with Gasteiger partial charge >= 0.3 is 0 Å². The lowest BCUT2D eigenvalue weighted by Gasteiger charge is -2.03. The highest BCUT2D eigenvalue weighted by molar-refractivity contribution is 7.98. The molecule has 5 nitrogen and oxygen atoms in total. The summed E-state index contributed by atoms with van der Waals surface area (Å²) in [5.74, 6) is 1.72. The lowest BCUT2D eigenvalue weighted by atomic mass is 10.1. The van der Waals surface area contributed by atoms with E-state index in [1.807, 2.05) is 24.3 Å². The molecule has 0 fully saturated rings.